The number of ether oxygens (including phenoxy) is 1. The van der Waals surface area contributed by atoms with Gasteiger partial charge in [-0.2, -0.15) is 0 Å². The monoisotopic (exact) mass is 542 g/mol. The summed E-state index contributed by atoms with van der Waals surface area (Å²) in [6.45, 7) is 13.3. The average molecular weight is 543 g/mol. The van der Waals surface area contributed by atoms with Gasteiger partial charge in [0.25, 0.3) is 0 Å². The summed E-state index contributed by atoms with van der Waals surface area (Å²) in [6.07, 6.45) is 21.8. The van der Waals surface area contributed by atoms with E-state index in [1.807, 2.05) is 0 Å². The lowest BCUT2D eigenvalue weighted by atomic mass is 9.47. The lowest BCUT2D eigenvalue weighted by Gasteiger charge is -2.58. The summed E-state index contributed by atoms with van der Waals surface area (Å²) < 4.78 is 6.01. The summed E-state index contributed by atoms with van der Waals surface area (Å²) in [5, 5.41) is 0. The highest BCUT2D eigenvalue weighted by Crippen LogP contribution is 2.67. The van der Waals surface area contributed by atoms with Crippen LogP contribution in [0.3, 0.4) is 0 Å². The van der Waals surface area contributed by atoms with Crippen molar-refractivity contribution in [1.82, 2.24) is 0 Å². The second-order valence-corrected chi connectivity index (χ2v) is 15.2. The molecular weight excluding hydrogens is 480 g/mol. The quantitative estimate of drug-likeness (QED) is 0.140. The van der Waals surface area contributed by atoms with Crippen LogP contribution in [0.1, 0.15) is 137 Å². The highest BCUT2D eigenvalue weighted by molar-refractivity contribution is 5.75. The van der Waals surface area contributed by atoms with E-state index in [1.54, 1.807) is 5.57 Å². The van der Waals surface area contributed by atoms with E-state index in [4.69, 9.17) is 16.2 Å². The third-order valence-corrected chi connectivity index (χ3v) is 12.3. The van der Waals surface area contributed by atoms with Gasteiger partial charge in [-0.25, -0.2) is 0 Å². The number of fused-ring (bicyclic) bond motifs is 5. The Labute approximate surface area is 240 Å². The molecule has 4 aliphatic carbocycles. The molecule has 0 saturated heterocycles. The Morgan fingerprint density at radius 1 is 0.949 bits per heavy atom. The molecule has 0 radical (unpaired) electrons. The molecule has 0 spiro atoms. The van der Waals surface area contributed by atoms with E-state index in [1.165, 1.54) is 51.4 Å². The third kappa shape index (κ3) is 6.79. The van der Waals surface area contributed by atoms with Crippen molar-refractivity contribution in [3.63, 3.8) is 0 Å². The number of rotatable bonds is 13. The van der Waals surface area contributed by atoms with Crippen molar-refractivity contribution in [2.45, 2.75) is 149 Å². The molecule has 0 aliphatic heterocycles. The number of hydrogen-bond donors (Lipinski definition) is 2. The topological polar surface area (TPSA) is 78.3 Å². The van der Waals surface area contributed by atoms with Crippen molar-refractivity contribution >= 4 is 5.97 Å². The number of carbonyl (C=O) groups is 1. The molecule has 4 rings (SSSR count). The van der Waals surface area contributed by atoms with Crippen LogP contribution in [0.4, 0.5) is 0 Å². The maximum absolute atomic E-state index is 12.8. The molecule has 0 aromatic heterocycles. The first-order chi connectivity index (χ1) is 18.6. The predicted molar refractivity (Wildman–Crippen MR) is 163 cm³/mol. The zero-order valence-corrected chi connectivity index (χ0v) is 26.2. The van der Waals surface area contributed by atoms with Gasteiger partial charge in [-0.15, -0.1) is 0 Å². The molecule has 39 heavy (non-hydrogen) atoms. The normalized spacial score (nSPS) is 37.4. The Morgan fingerprint density at radius 2 is 1.72 bits per heavy atom. The van der Waals surface area contributed by atoms with Crippen molar-refractivity contribution < 1.29 is 9.53 Å². The molecule has 0 amide bonds. The summed E-state index contributed by atoms with van der Waals surface area (Å²) in [5.74, 6) is 4.95. The van der Waals surface area contributed by atoms with Crippen LogP contribution in [0.5, 0.6) is 0 Å². The Kier molecular flexibility index (Phi) is 10.7. The van der Waals surface area contributed by atoms with Crippen LogP contribution in [0.15, 0.2) is 11.6 Å². The first-order valence-corrected chi connectivity index (χ1v) is 17.0. The molecule has 0 aromatic rings. The second-order valence-electron chi connectivity index (χ2n) is 15.2. The van der Waals surface area contributed by atoms with E-state index in [0.29, 0.717) is 10.8 Å². The van der Waals surface area contributed by atoms with Crippen LogP contribution < -0.4 is 11.5 Å². The molecule has 9 atom stereocenters. The maximum atomic E-state index is 12.8. The van der Waals surface area contributed by atoms with E-state index in [9.17, 15) is 4.79 Å². The molecule has 4 aliphatic rings. The molecule has 0 heterocycles. The first-order valence-electron chi connectivity index (χ1n) is 17.0. The molecule has 3 fully saturated rings. The van der Waals surface area contributed by atoms with Crippen LogP contribution in [-0.2, 0) is 9.53 Å². The third-order valence-electron chi connectivity index (χ3n) is 12.3. The maximum Gasteiger partial charge on any atom is 0.323 e. The Hall–Kier alpha value is -0.870. The molecule has 3 saturated carbocycles. The van der Waals surface area contributed by atoms with Crippen molar-refractivity contribution in [3.8, 4) is 0 Å². The van der Waals surface area contributed by atoms with Crippen LogP contribution >= 0.6 is 0 Å². The molecular formula is C35H62N2O2. The van der Waals surface area contributed by atoms with Crippen LogP contribution in [0.2, 0.25) is 0 Å². The van der Waals surface area contributed by atoms with E-state index in [0.717, 1.165) is 93.4 Å². The second kappa shape index (κ2) is 13.4. The number of hydrogen-bond acceptors (Lipinski definition) is 4. The standard InChI is InChI=1S/C35H62N2O2/c1-24(2)11-10-12-25(3)29-16-17-30-28-15-14-26-23-27(39-33(38)32(37)13-8-6-7-9-22-36)18-20-34(26,4)31(28)19-21-35(29,30)5/h14,24-25,27-32H,6-13,15-23,36-37H2,1-5H3/t25-,27?,28?,29-,30?,31?,32?,34+,35-/m1/s1. The van der Waals surface area contributed by atoms with Gasteiger partial charge in [0, 0.05) is 6.42 Å². The van der Waals surface area contributed by atoms with Crippen LogP contribution in [-0.4, -0.2) is 24.7 Å². The van der Waals surface area contributed by atoms with Gasteiger partial charge in [0.15, 0.2) is 0 Å². The Morgan fingerprint density at radius 3 is 2.46 bits per heavy atom. The summed E-state index contributed by atoms with van der Waals surface area (Å²) in [5.41, 5.74) is 14.2. The number of esters is 1. The van der Waals surface area contributed by atoms with Crippen LogP contribution in [0, 0.1) is 46.3 Å². The SMILES string of the molecule is CC(C)CCC[C@@H](C)[C@H]1CCC2C3CC=C4CC(OC(=O)C(N)CCCCCCN)CC[C@]4(C)C3CC[C@@]21C. The largest absolute Gasteiger partial charge is 0.461 e. The predicted octanol–water partition coefficient (Wildman–Crippen LogP) is 8.18. The van der Waals surface area contributed by atoms with Gasteiger partial charge in [-0.1, -0.05) is 84.8 Å². The van der Waals surface area contributed by atoms with Crippen molar-refractivity contribution in [2.24, 2.45) is 57.8 Å². The van der Waals surface area contributed by atoms with Gasteiger partial charge in [-0.05, 0) is 111 Å². The van der Waals surface area contributed by atoms with Gasteiger partial charge in [-0.3, -0.25) is 4.79 Å². The number of unbranched alkanes of at least 4 members (excludes halogenated alkanes) is 3. The highest BCUT2D eigenvalue weighted by atomic mass is 16.5. The molecule has 224 valence electrons. The van der Waals surface area contributed by atoms with Gasteiger partial charge in [0.2, 0.25) is 0 Å². The van der Waals surface area contributed by atoms with Crippen molar-refractivity contribution in [3.05, 3.63) is 11.6 Å². The lowest BCUT2D eigenvalue weighted by Crippen LogP contribution is -2.51. The van der Waals surface area contributed by atoms with Gasteiger partial charge < -0.3 is 16.2 Å². The zero-order chi connectivity index (χ0) is 28.2. The summed E-state index contributed by atoms with van der Waals surface area (Å²) in [6, 6.07) is -0.486. The number of nitrogens with two attached hydrogens (primary N) is 2. The molecule has 0 bridgehead atoms. The Bertz CT molecular complexity index is 839. The molecule has 0 aromatic carbocycles. The Balaban J connectivity index is 1.33. The summed E-state index contributed by atoms with van der Waals surface area (Å²) in [7, 11) is 0. The van der Waals surface area contributed by atoms with E-state index in [2.05, 4.69) is 40.7 Å². The fraction of sp³-hybridized carbons (Fsp3) is 0.914. The molecule has 5 unspecified atom stereocenters. The smallest absolute Gasteiger partial charge is 0.323 e. The van der Waals surface area contributed by atoms with Crippen molar-refractivity contribution in [1.29, 1.82) is 0 Å². The van der Waals surface area contributed by atoms with Gasteiger partial charge in [0.1, 0.15) is 12.1 Å². The lowest BCUT2D eigenvalue weighted by molar-refractivity contribution is -0.153. The zero-order valence-electron chi connectivity index (χ0n) is 26.2. The molecule has 4 N–H and O–H groups in total. The van der Waals surface area contributed by atoms with Gasteiger partial charge in [0.05, 0.1) is 0 Å². The minimum absolute atomic E-state index is 0.00747. The first kappa shape index (κ1) is 31.1. The minimum Gasteiger partial charge on any atom is -0.461 e. The fourth-order valence-electron chi connectivity index (χ4n) is 9.98. The number of carbonyl (C=O) groups excluding carboxylic acids is 1. The summed E-state index contributed by atoms with van der Waals surface area (Å²) in [4.78, 5) is 12.8. The molecule has 4 heteroatoms. The van der Waals surface area contributed by atoms with Crippen molar-refractivity contribution in [2.75, 3.05) is 6.54 Å². The van der Waals surface area contributed by atoms with E-state index >= 15 is 0 Å². The minimum atomic E-state index is -0.486. The highest BCUT2D eigenvalue weighted by Gasteiger charge is 2.59. The average Bonchev–Trinajstić information content (AvgIpc) is 3.25. The van der Waals surface area contributed by atoms with Gasteiger partial charge >= 0.3 is 5.97 Å². The molecule has 4 nitrogen and oxygen atoms in total. The van der Waals surface area contributed by atoms with E-state index < -0.39 is 6.04 Å². The fourth-order valence-corrected chi connectivity index (χ4v) is 9.98. The number of allylic oxidation sites excluding steroid dienone is 1. The van der Waals surface area contributed by atoms with Crippen LogP contribution in [0.25, 0.3) is 0 Å². The summed E-state index contributed by atoms with van der Waals surface area (Å²) >= 11 is 0. The van der Waals surface area contributed by atoms with E-state index in [-0.39, 0.29) is 12.1 Å².